The standard InChI is InChI=1S/C11H15NO2/c1-8-4-2-3-5-9(8)6-10(7-12)11(13)14/h2-5,10H,6-7,12H2,1H3,(H,13,14)/t10-/m0/s1. The maximum Gasteiger partial charge on any atom is 0.0824 e. The number of carboxylic acid groups (broad SMARTS) is 1. The zero-order chi connectivity index (χ0) is 10.6. The summed E-state index contributed by atoms with van der Waals surface area (Å²) in [5.74, 6) is -1.49. The van der Waals surface area contributed by atoms with Gasteiger partial charge in [-0.1, -0.05) is 24.3 Å². The molecule has 14 heavy (non-hydrogen) atoms. The average molecular weight is 193 g/mol. The molecular weight excluding hydrogens is 178 g/mol. The van der Waals surface area contributed by atoms with Gasteiger partial charge in [0.25, 0.3) is 0 Å². The van der Waals surface area contributed by atoms with E-state index in [4.69, 9.17) is 0 Å². The normalized spacial score (nSPS) is 12.4. The molecule has 0 aliphatic heterocycles. The predicted octanol–water partition coefficient (Wildman–Crippen LogP) is -0.854. The van der Waals surface area contributed by atoms with Crippen LogP contribution in [-0.4, -0.2) is 12.5 Å². The predicted molar refractivity (Wildman–Crippen MR) is 51.1 cm³/mol. The Labute approximate surface area is 83.6 Å². The van der Waals surface area contributed by atoms with Crippen LogP contribution < -0.4 is 10.8 Å². The second-order valence-electron chi connectivity index (χ2n) is 3.44. The Hall–Kier alpha value is -1.35. The van der Waals surface area contributed by atoms with Gasteiger partial charge >= 0.3 is 0 Å². The molecule has 1 aromatic carbocycles. The molecule has 0 fully saturated rings. The van der Waals surface area contributed by atoms with Gasteiger partial charge in [-0.05, 0) is 24.5 Å². The van der Waals surface area contributed by atoms with Crippen LogP contribution in [0.1, 0.15) is 11.1 Å². The molecule has 1 aromatic rings. The summed E-state index contributed by atoms with van der Waals surface area (Å²) in [7, 11) is 0. The molecule has 76 valence electrons. The van der Waals surface area contributed by atoms with Gasteiger partial charge < -0.3 is 15.6 Å². The van der Waals surface area contributed by atoms with E-state index in [1.54, 1.807) is 0 Å². The molecule has 0 saturated carbocycles. The lowest BCUT2D eigenvalue weighted by molar-refractivity contribution is -0.387. The van der Waals surface area contributed by atoms with E-state index in [1.165, 1.54) is 0 Å². The van der Waals surface area contributed by atoms with Crippen molar-refractivity contribution in [1.29, 1.82) is 0 Å². The lowest BCUT2D eigenvalue weighted by Gasteiger charge is -2.15. The summed E-state index contributed by atoms with van der Waals surface area (Å²) in [5, 5.41) is 10.7. The zero-order valence-electron chi connectivity index (χ0n) is 8.32. The van der Waals surface area contributed by atoms with Gasteiger partial charge in [0.2, 0.25) is 0 Å². The summed E-state index contributed by atoms with van der Waals surface area (Å²) in [6.45, 7) is 2.35. The van der Waals surface area contributed by atoms with Crippen LogP contribution in [-0.2, 0) is 11.2 Å². The van der Waals surface area contributed by atoms with Crippen LogP contribution in [0.15, 0.2) is 24.3 Å². The minimum absolute atomic E-state index is 0.372. The number of rotatable bonds is 4. The van der Waals surface area contributed by atoms with Crippen LogP contribution in [0.4, 0.5) is 0 Å². The second kappa shape index (κ2) is 4.77. The number of aliphatic carboxylic acids is 1. The Morgan fingerprint density at radius 1 is 1.50 bits per heavy atom. The highest BCUT2D eigenvalue weighted by molar-refractivity contribution is 5.68. The molecular formula is C11H15NO2. The molecule has 1 rings (SSSR count). The topological polar surface area (TPSA) is 67.8 Å². The average Bonchev–Trinajstić information content (AvgIpc) is 2.16. The molecule has 0 bridgehead atoms. The molecule has 3 heteroatoms. The van der Waals surface area contributed by atoms with Crippen LogP contribution in [0.25, 0.3) is 0 Å². The quantitative estimate of drug-likeness (QED) is 0.676. The van der Waals surface area contributed by atoms with Gasteiger partial charge in [0, 0.05) is 0 Å². The van der Waals surface area contributed by atoms with Crippen LogP contribution in [0, 0.1) is 12.8 Å². The van der Waals surface area contributed by atoms with E-state index in [0.29, 0.717) is 13.0 Å². The first-order valence-electron chi connectivity index (χ1n) is 4.69. The second-order valence-corrected chi connectivity index (χ2v) is 3.44. The molecule has 0 saturated heterocycles. The number of hydrogen-bond donors (Lipinski definition) is 1. The lowest BCUT2D eigenvalue weighted by atomic mass is 9.96. The summed E-state index contributed by atoms with van der Waals surface area (Å²) in [4.78, 5) is 10.7. The molecule has 3 N–H and O–H groups in total. The van der Waals surface area contributed by atoms with Crippen LogP contribution in [0.2, 0.25) is 0 Å². The summed E-state index contributed by atoms with van der Waals surface area (Å²) >= 11 is 0. The third-order valence-electron chi connectivity index (χ3n) is 2.41. The van der Waals surface area contributed by atoms with Gasteiger partial charge in [-0.25, -0.2) is 0 Å². The number of aryl methyl sites for hydroxylation is 1. The monoisotopic (exact) mass is 193 g/mol. The molecule has 0 spiro atoms. The van der Waals surface area contributed by atoms with Crippen LogP contribution in [0.5, 0.6) is 0 Å². The first-order chi connectivity index (χ1) is 6.65. The van der Waals surface area contributed by atoms with Crippen molar-refractivity contribution in [2.45, 2.75) is 13.3 Å². The van der Waals surface area contributed by atoms with Crippen molar-refractivity contribution in [3.8, 4) is 0 Å². The molecule has 0 radical (unpaired) electrons. The fourth-order valence-electron chi connectivity index (χ4n) is 1.41. The number of hydrogen-bond acceptors (Lipinski definition) is 2. The van der Waals surface area contributed by atoms with E-state index >= 15 is 0 Å². The van der Waals surface area contributed by atoms with E-state index in [9.17, 15) is 9.90 Å². The van der Waals surface area contributed by atoms with Gasteiger partial charge in [0.05, 0.1) is 18.4 Å². The smallest absolute Gasteiger partial charge is 0.0824 e. The Morgan fingerprint density at radius 2 is 2.14 bits per heavy atom. The van der Waals surface area contributed by atoms with E-state index in [0.717, 1.165) is 11.1 Å². The molecule has 0 aliphatic rings. The lowest BCUT2D eigenvalue weighted by Crippen LogP contribution is -2.57. The molecule has 0 unspecified atom stereocenters. The van der Waals surface area contributed by atoms with Crippen LogP contribution in [0.3, 0.4) is 0 Å². The van der Waals surface area contributed by atoms with E-state index in [-0.39, 0.29) is 0 Å². The molecule has 0 heterocycles. The molecule has 0 aliphatic carbocycles. The molecule has 1 atom stereocenters. The largest absolute Gasteiger partial charge is 0.550 e. The minimum Gasteiger partial charge on any atom is -0.550 e. The number of carbonyl (C=O) groups is 1. The number of benzene rings is 1. The number of carbonyl (C=O) groups excluding carboxylic acids is 1. The van der Waals surface area contributed by atoms with Crippen molar-refractivity contribution >= 4 is 5.97 Å². The summed E-state index contributed by atoms with van der Waals surface area (Å²) in [6.07, 6.45) is 0.512. The van der Waals surface area contributed by atoms with Gasteiger partial charge in [-0.3, -0.25) is 0 Å². The Balaban J connectivity index is 2.77. The number of quaternary nitrogens is 1. The van der Waals surface area contributed by atoms with Crippen LogP contribution >= 0.6 is 0 Å². The molecule has 0 aromatic heterocycles. The third kappa shape index (κ3) is 2.57. The van der Waals surface area contributed by atoms with Gasteiger partial charge in [-0.15, -0.1) is 0 Å². The first-order valence-corrected chi connectivity index (χ1v) is 4.69. The van der Waals surface area contributed by atoms with Crippen molar-refractivity contribution in [3.63, 3.8) is 0 Å². The van der Waals surface area contributed by atoms with E-state index < -0.39 is 11.9 Å². The van der Waals surface area contributed by atoms with E-state index in [2.05, 4.69) is 5.73 Å². The highest BCUT2D eigenvalue weighted by Crippen LogP contribution is 2.11. The molecule has 3 nitrogen and oxygen atoms in total. The highest BCUT2D eigenvalue weighted by atomic mass is 16.4. The summed E-state index contributed by atoms with van der Waals surface area (Å²) in [5.41, 5.74) is 5.79. The summed E-state index contributed by atoms with van der Waals surface area (Å²) < 4.78 is 0. The van der Waals surface area contributed by atoms with Crippen molar-refractivity contribution in [3.05, 3.63) is 35.4 Å². The molecule has 0 amide bonds. The van der Waals surface area contributed by atoms with Gasteiger partial charge in [-0.2, -0.15) is 0 Å². The van der Waals surface area contributed by atoms with Gasteiger partial charge in [0.1, 0.15) is 0 Å². The highest BCUT2D eigenvalue weighted by Gasteiger charge is 2.11. The maximum atomic E-state index is 10.7. The first kappa shape index (κ1) is 10.7. The summed E-state index contributed by atoms with van der Waals surface area (Å²) in [6, 6.07) is 7.78. The third-order valence-corrected chi connectivity index (χ3v) is 2.41. The zero-order valence-corrected chi connectivity index (χ0v) is 8.32. The van der Waals surface area contributed by atoms with Crippen molar-refractivity contribution in [2.75, 3.05) is 6.54 Å². The Morgan fingerprint density at radius 3 is 2.64 bits per heavy atom. The number of carboxylic acids is 1. The fraction of sp³-hybridized carbons (Fsp3) is 0.364. The van der Waals surface area contributed by atoms with Gasteiger partial charge in [0.15, 0.2) is 0 Å². The van der Waals surface area contributed by atoms with Crippen molar-refractivity contribution in [2.24, 2.45) is 5.92 Å². The fourth-order valence-corrected chi connectivity index (χ4v) is 1.41. The minimum atomic E-state index is -1.01. The maximum absolute atomic E-state index is 10.7. The SMILES string of the molecule is Cc1ccccc1C[C@@H](C[NH3+])C(=O)[O-]. The Kier molecular flexibility index (Phi) is 3.65. The van der Waals surface area contributed by atoms with E-state index in [1.807, 2.05) is 31.2 Å². The van der Waals surface area contributed by atoms with Crippen molar-refractivity contribution in [1.82, 2.24) is 0 Å². The van der Waals surface area contributed by atoms with Crippen molar-refractivity contribution < 1.29 is 15.6 Å². The Bertz CT molecular complexity index is 323.